The number of nitrogens with one attached hydrogen (secondary N) is 1. The topological polar surface area (TPSA) is 64.2 Å². The Bertz CT molecular complexity index is 1210. The van der Waals surface area contributed by atoms with Crippen LogP contribution in [0.1, 0.15) is 15.9 Å². The summed E-state index contributed by atoms with van der Waals surface area (Å²) in [5.41, 5.74) is 3.95. The molecule has 1 N–H and O–H groups in total. The number of methoxy groups -OCH3 is 1. The van der Waals surface area contributed by atoms with E-state index in [4.69, 9.17) is 4.74 Å². The molecule has 4 rings (SSSR count). The molecule has 1 heterocycles. The predicted octanol–water partition coefficient (Wildman–Crippen LogP) is 0.406. The average molecular weight is 527 g/mol. The molecule has 158 valence electrons. The maximum atomic E-state index is 12.8. The molecular formula is C24H22IN3O3. The summed E-state index contributed by atoms with van der Waals surface area (Å²) < 4.78 is 8.83. The first-order valence-electron chi connectivity index (χ1n) is 9.64. The zero-order valence-electron chi connectivity index (χ0n) is 17.0. The Labute approximate surface area is 197 Å². The number of para-hydroxylation sites is 3. The van der Waals surface area contributed by atoms with Gasteiger partial charge in [-0.3, -0.25) is 4.79 Å². The number of esters is 1. The number of amides is 1. The van der Waals surface area contributed by atoms with Gasteiger partial charge in [0.25, 0.3) is 5.91 Å². The lowest BCUT2D eigenvalue weighted by atomic mass is 10.2. The Balaban J connectivity index is 0.00000272. The van der Waals surface area contributed by atoms with Crippen LogP contribution in [0.5, 0.6) is 0 Å². The highest BCUT2D eigenvalue weighted by Crippen LogP contribution is 2.17. The first-order valence-corrected chi connectivity index (χ1v) is 9.64. The number of imidazole rings is 1. The molecule has 1 amide bonds. The van der Waals surface area contributed by atoms with Gasteiger partial charge in [-0.15, -0.1) is 0 Å². The fourth-order valence-electron chi connectivity index (χ4n) is 3.50. The van der Waals surface area contributed by atoms with E-state index < -0.39 is 5.97 Å². The monoisotopic (exact) mass is 527 g/mol. The van der Waals surface area contributed by atoms with E-state index in [2.05, 4.69) is 22.0 Å². The van der Waals surface area contributed by atoms with Gasteiger partial charge in [-0.05, 0) is 29.8 Å². The first-order chi connectivity index (χ1) is 14.7. The molecule has 0 aliphatic rings. The molecule has 0 unspecified atom stereocenters. The lowest BCUT2D eigenvalue weighted by Crippen LogP contribution is -3.00. The van der Waals surface area contributed by atoms with Gasteiger partial charge in [0, 0.05) is 0 Å². The van der Waals surface area contributed by atoms with Crippen LogP contribution in [0.3, 0.4) is 0 Å². The smallest absolute Gasteiger partial charge is 0.339 e. The molecule has 0 atom stereocenters. The largest absolute Gasteiger partial charge is 1.00 e. The molecule has 31 heavy (non-hydrogen) atoms. The fourth-order valence-corrected chi connectivity index (χ4v) is 3.50. The quantitative estimate of drug-likeness (QED) is 0.225. The van der Waals surface area contributed by atoms with Crippen molar-refractivity contribution in [1.82, 2.24) is 4.57 Å². The van der Waals surface area contributed by atoms with Gasteiger partial charge in [0.1, 0.15) is 6.54 Å². The third-order valence-corrected chi connectivity index (χ3v) is 4.90. The summed E-state index contributed by atoms with van der Waals surface area (Å²) in [6, 6.07) is 25.0. The highest BCUT2D eigenvalue weighted by atomic mass is 127. The van der Waals surface area contributed by atoms with Crippen molar-refractivity contribution in [3.8, 4) is 0 Å². The standard InChI is InChI=1S/C24H21N3O3.HI/c1-30-24(29)19-11-5-6-12-20(19)25-23(28)16-27-17-26(15-18-9-3-2-4-10-18)21-13-7-8-14-22(21)27;/h2-14,17H,15-16H2,1H3;1H. The van der Waals surface area contributed by atoms with Crippen molar-refractivity contribution < 1.29 is 42.9 Å². The number of ether oxygens (including phenoxy) is 1. The van der Waals surface area contributed by atoms with Crippen molar-refractivity contribution in [2.45, 2.75) is 13.1 Å². The minimum absolute atomic E-state index is 0. The first kappa shape index (κ1) is 22.5. The third kappa shape index (κ3) is 5.11. The second kappa shape index (κ2) is 10.2. The molecule has 4 aromatic rings. The van der Waals surface area contributed by atoms with Crippen LogP contribution in [0, 0.1) is 0 Å². The Morgan fingerprint density at radius 3 is 2.39 bits per heavy atom. The maximum Gasteiger partial charge on any atom is 0.339 e. The Morgan fingerprint density at radius 1 is 0.935 bits per heavy atom. The van der Waals surface area contributed by atoms with E-state index in [0.29, 0.717) is 17.8 Å². The van der Waals surface area contributed by atoms with E-state index in [9.17, 15) is 9.59 Å². The third-order valence-electron chi connectivity index (χ3n) is 4.90. The van der Waals surface area contributed by atoms with E-state index >= 15 is 0 Å². The molecule has 0 bridgehead atoms. The summed E-state index contributed by atoms with van der Waals surface area (Å²) in [4.78, 5) is 24.7. The van der Waals surface area contributed by atoms with Gasteiger partial charge in [-0.2, -0.15) is 0 Å². The van der Waals surface area contributed by atoms with Crippen molar-refractivity contribution in [3.63, 3.8) is 0 Å². The second-order valence-corrected chi connectivity index (χ2v) is 6.93. The van der Waals surface area contributed by atoms with Gasteiger partial charge >= 0.3 is 5.97 Å². The van der Waals surface area contributed by atoms with Crippen LogP contribution >= 0.6 is 0 Å². The molecule has 0 spiro atoms. The average Bonchev–Trinajstić information content (AvgIpc) is 3.11. The highest BCUT2D eigenvalue weighted by molar-refractivity contribution is 6.01. The van der Waals surface area contributed by atoms with E-state index in [-0.39, 0.29) is 36.4 Å². The molecular weight excluding hydrogens is 505 g/mol. The van der Waals surface area contributed by atoms with Crippen LogP contribution in [0.15, 0.2) is 85.2 Å². The Kier molecular flexibility index (Phi) is 7.41. The minimum atomic E-state index is -0.488. The van der Waals surface area contributed by atoms with Crippen molar-refractivity contribution in [2.75, 3.05) is 12.4 Å². The minimum Gasteiger partial charge on any atom is -1.00 e. The number of rotatable bonds is 6. The van der Waals surface area contributed by atoms with Gasteiger partial charge < -0.3 is 34.0 Å². The number of carbonyl (C=O) groups is 2. The van der Waals surface area contributed by atoms with Crippen LogP contribution in [-0.4, -0.2) is 23.6 Å². The number of carbonyl (C=O) groups excluding carboxylic acids is 2. The SMILES string of the molecule is COC(=O)c1ccccc1NC(=O)Cn1c[n+](Cc2ccccc2)c2ccccc21.[I-]. The lowest BCUT2D eigenvalue weighted by molar-refractivity contribution is -0.663. The Morgan fingerprint density at radius 2 is 1.61 bits per heavy atom. The van der Waals surface area contributed by atoms with Crippen molar-refractivity contribution in [1.29, 1.82) is 0 Å². The fraction of sp³-hybridized carbons (Fsp3) is 0.125. The van der Waals surface area contributed by atoms with Crippen LogP contribution in [0.2, 0.25) is 0 Å². The number of hydrogen-bond acceptors (Lipinski definition) is 3. The van der Waals surface area contributed by atoms with Gasteiger partial charge in [0.05, 0.1) is 18.4 Å². The normalized spacial score (nSPS) is 10.4. The molecule has 0 aliphatic carbocycles. The van der Waals surface area contributed by atoms with Crippen LogP contribution < -0.4 is 33.9 Å². The van der Waals surface area contributed by atoms with Gasteiger partial charge in [0.15, 0.2) is 17.6 Å². The molecule has 1 aromatic heterocycles. The molecule has 7 heteroatoms. The van der Waals surface area contributed by atoms with E-state index in [1.165, 1.54) is 12.7 Å². The van der Waals surface area contributed by atoms with Crippen molar-refractivity contribution in [3.05, 3.63) is 96.3 Å². The van der Waals surface area contributed by atoms with E-state index in [1.807, 2.05) is 53.4 Å². The van der Waals surface area contributed by atoms with E-state index in [0.717, 1.165) is 11.0 Å². The van der Waals surface area contributed by atoms with Gasteiger partial charge in [-0.25, -0.2) is 13.9 Å². The number of benzene rings is 3. The maximum absolute atomic E-state index is 12.8. The lowest BCUT2D eigenvalue weighted by Gasteiger charge is -2.08. The van der Waals surface area contributed by atoms with Crippen molar-refractivity contribution in [2.24, 2.45) is 0 Å². The molecule has 0 fully saturated rings. The molecule has 0 saturated carbocycles. The zero-order chi connectivity index (χ0) is 20.9. The summed E-state index contributed by atoms with van der Waals surface area (Å²) in [6.45, 7) is 0.832. The Hall–Kier alpha value is -3.20. The zero-order valence-corrected chi connectivity index (χ0v) is 19.2. The summed E-state index contributed by atoms with van der Waals surface area (Å²) >= 11 is 0. The highest BCUT2D eigenvalue weighted by Gasteiger charge is 2.19. The number of halogens is 1. The molecule has 0 radical (unpaired) electrons. The predicted molar refractivity (Wildman–Crippen MR) is 114 cm³/mol. The summed E-state index contributed by atoms with van der Waals surface area (Å²) in [7, 11) is 1.32. The van der Waals surface area contributed by atoms with Crippen LogP contribution in [-0.2, 0) is 22.6 Å². The van der Waals surface area contributed by atoms with Crippen LogP contribution in [0.4, 0.5) is 5.69 Å². The number of fused-ring (bicyclic) bond motifs is 1. The van der Waals surface area contributed by atoms with Crippen LogP contribution in [0.25, 0.3) is 11.0 Å². The summed E-state index contributed by atoms with van der Waals surface area (Å²) in [5, 5.41) is 2.83. The number of aromatic nitrogens is 2. The number of hydrogen-bond donors (Lipinski definition) is 1. The molecule has 0 aliphatic heterocycles. The van der Waals surface area contributed by atoms with Gasteiger partial charge in [-0.1, -0.05) is 54.6 Å². The molecule has 3 aromatic carbocycles. The number of nitrogens with zero attached hydrogens (tertiary/aromatic N) is 2. The number of anilines is 1. The molecule has 0 saturated heterocycles. The summed E-state index contributed by atoms with van der Waals surface area (Å²) in [6.07, 6.45) is 1.95. The summed E-state index contributed by atoms with van der Waals surface area (Å²) in [5.74, 6) is -0.711. The second-order valence-electron chi connectivity index (χ2n) is 6.93. The van der Waals surface area contributed by atoms with Crippen molar-refractivity contribution >= 4 is 28.6 Å². The van der Waals surface area contributed by atoms with Gasteiger partial charge in [0.2, 0.25) is 6.33 Å². The molecule has 6 nitrogen and oxygen atoms in total. The van der Waals surface area contributed by atoms with E-state index in [1.54, 1.807) is 24.3 Å².